The number of rotatable bonds is 3. The van der Waals surface area contributed by atoms with Crippen LogP contribution < -0.4 is 0 Å². The van der Waals surface area contributed by atoms with Crippen molar-refractivity contribution >= 4 is 11.9 Å². The third-order valence-electron chi connectivity index (χ3n) is 1.72. The minimum atomic E-state index is 0.772. The third kappa shape index (κ3) is 2.76. The molecule has 0 bridgehead atoms. The molecule has 0 aliphatic rings. The molecule has 1 aromatic heterocycles. The number of aromatic nitrogens is 2. The highest BCUT2D eigenvalue weighted by Gasteiger charge is 1.99. The number of hydrogen-bond donors (Lipinski definition) is 0. The zero-order valence-electron chi connectivity index (χ0n) is 8.86. The average Bonchev–Trinajstić information content (AvgIpc) is 2.19. The standard InChI is InChI=1S/C11H15N3/c1-4-7-13-10(5-2)11-6-8-12-9(3)14-11/h5-8H,4H2,1-3H3/b10-5-,13-7?. The summed E-state index contributed by atoms with van der Waals surface area (Å²) in [6, 6.07) is 1.87. The minimum absolute atomic E-state index is 0.772. The summed E-state index contributed by atoms with van der Waals surface area (Å²) in [5.41, 5.74) is 1.78. The van der Waals surface area contributed by atoms with Crippen LogP contribution in [0.1, 0.15) is 31.8 Å². The lowest BCUT2D eigenvalue weighted by atomic mass is 10.3. The van der Waals surface area contributed by atoms with Crippen molar-refractivity contribution in [3.05, 3.63) is 29.9 Å². The van der Waals surface area contributed by atoms with E-state index in [2.05, 4.69) is 21.9 Å². The van der Waals surface area contributed by atoms with Crippen molar-refractivity contribution in [2.75, 3.05) is 0 Å². The molecule has 1 rings (SSSR count). The van der Waals surface area contributed by atoms with Crippen LogP contribution in [0.25, 0.3) is 5.70 Å². The van der Waals surface area contributed by atoms with Gasteiger partial charge in [-0.15, -0.1) is 0 Å². The molecule has 0 aliphatic heterocycles. The Bertz CT molecular complexity index is 353. The lowest BCUT2D eigenvalue weighted by molar-refractivity contribution is 1.03. The molecule has 0 aliphatic carbocycles. The molecule has 3 nitrogen and oxygen atoms in total. The minimum Gasteiger partial charge on any atom is -0.259 e. The Labute approximate surface area is 84.6 Å². The summed E-state index contributed by atoms with van der Waals surface area (Å²) >= 11 is 0. The highest BCUT2D eigenvalue weighted by atomic mass is 14.9. The van der Waals surface area contributed by atoms with Crippen LogP contribution in [0.4, 0.5) is 0 Å². The van der Waals surface area contributed by atoms with E-state index in [1.165, 1.54) is 0 Å². The zero-order valence-corrected chi connectivity index (χ0v) is 8.86. The summed E-state index contributed by atoms with van der Waals surface area (Å²) < 4.78 is 0. The van der Waals surface area contributed by atoms with Crippen molar-refractivity contribution in [1.29, 1.82) is 0 Å². The van der Waals surface area contributed by atoms with Crippen LogP contribution in [0, 0.1) is 6.92 Å². The Balaban J connectivity index is 2.96. The summed E-state index contributed by atoms with van der Waals surface area (Å²) in [4.78, 5) is 12.7. The molecule has 0 N–H and O–H groups in total. The number of hydrogen-bond acceptors (Lipinski definition) is 3. The smallest absolute Gasteiger partial charge is 0.125 e. The van der Waals surface area contributed by atoms with Crippen molar-refractivity contribution in [2.45, 2.75) is 27.2 Å². The lowest BCUT2D eigenvalue weighted by Gasteiger charge is -2.00. The first-order chi connectivity index (χ1) is 6.77. The molecule has 1 aromatic rings. The monoisotopic (exact) mass is 189 g/mol. The predicted molar refractivity (Wildman–Crippen MR) is 59.2 cm³/mol. The van der Waals surface area contributed by atoms with Gasteiger partial charge < -0.3 is 0 Å². The van der Waals surface area contributed by atoms with Crippen molar-refractivity contribution in [1.82, 2.24) is 9.97 Å². The molecule has 74 valence electrons. The average molecular weight is 189 g/mol. The number of nitrogens with zero attached hydrogens (tertiary/aromatic N) is 3. The maximum Gasteiger partial charge on any atom is 0.125 e. The van der Waals surface area contributed by atoms with Gasteiger partial charge in [0.15, 0.2) is 0 Å². The second-order valence-corrected chi connectivity index (χ2v) is 2.88. The summed E-state index contributed by atoms with van der Waals surface area (Å²) in [6.07, 6.45) is 6.52. The molecule has 0 saturated heterocycles. The van der Waals surface area contributed by atoms with Crippen LogP contribution in [0.2, 0.25) is 0 Å². The first-order valence-corrected chi connectivity index (χ1v) is 4.76. The van der Waals surface area contributed by atoms with Gasteiger partial charge in [0.1, 0.15) is 5.82 Å². The maximum atomic E-state index is 4.32. The third-order valence-corrected chi connectivity index (χ3v) is 1.72. The van der Waals surface area contributed by atoms with Gasteiger partial charge in [-0.1, -0.05) is 13.0 Å². The zero-order chi connectivity index (χ0) is 10.4. The van der Waals surface area contributed by atoms with Gasteiger partial charge in [-0.25, -0.2) is 9.97 Å². The Hall–Kier alpha value is -1.51. The maximum absolute atomic E-state index is 4.32. The summed E-state index contributed by atoms with van der Waals surface area (Å²) in [5, 5.41) is 0. The van der Waals surface area contributed by atoms with E-state index >= 15 is 0 Å². The molecule has 0 radical (unpaired) electrons. The normalized spacial score (nSPS) is 12.4. The highest BCUT2D eigenvalue weighted by molar-refractivity contribution is 5.71. The largest absolute Gasteiger partial charge is 0.259 e. The number of aryl methyl sites for hydroxylation is 1. The topological polar surface area (TPSA) is 38.1 Å². The molecular weight excluding hydrogens is 174 g/mol. The van der Waals surface area contributed by atoms with E-state index < -0.39 is 0 Å². The number of allylic oxidation sites excluding steroid dienone is 1. The molecule has 0 unspecified atom stereocenters. The van der Waals surface area contributed by atoms with E-state index in [9.17, 15) is 0 Å². The molecular formula is C11H15N3. The van der Waals surface area contributed by atoms with Gasteiger partial charge in [-0.05, 0) is 26.3 Å². The Kier molecular flexibility index (Phi) is 3.98. The summed E-state index contributed by atoms with van der Waals surface area (Å²) in [7, 11) is 0. The quantitative estimate of drug-likeness (QED) is 0.685. The van der Waals surface area contributed by atoms with Crippen molar-refractivity contribution in [2.24, 2.45) is 4.99 Å². The first-order valence-electron chi connectivity index (χ1n) is 4.76. The molecule has 14 heavy (non-hydrogen) atoms. The van der Waals surface area contributed by atoms with E-state index in [0.29, 0.717) is 0 Å². The van der Waals surface area contributed by atoms with Crippen molar-refractivity contribution in [3.63, 3.8) is 0 Å². The van der Waals surface area contributed by atoms with Gasteiger partial charge in [0, 0.05) is 12.4 Å². The Morgan fingerprint density at radius 1 is 1.57 bits per heavy atom. The fraction of sp³-hybridized carbons (Fsp3) is 0.364. The van der Waals surface area contributed by atoms with Gasteiger partial charge in [0.2, 0.25) is 0 Å². The molecule has 0 atom stereocenters. The second-order valence-electron chi connectivity index (χ2n) is 2.88. The fourth-order valence-corrected chi connectivity index (χ4v) is 1.08. The van der Waals surface area contributed by atoms with Gasteiger partial charge in [-0.2, -0.15) is 0 Å². The van der Waals surface area contributed by atoms with E-state index in [4.69, 9.17) is 0 Å². The SMILES string of the molecule is C/C=C(\N=CCC)c1ccnc(C)n1. The Morgan fingerprint density at radius 2 is 2.36 bits per heavy atom. The fourth-order valence-electron chi connectivity index (χ4n) is 1.08. The molecule has 0 saturated carbocycles. The Morgan fingerprint density at radius 3 is 2.93 bits per heavy atom. The van der Waals surface area contributed by atoms with Crippen LogP contribution in [0.5, 0.6) is 0 Å². The second kappa shape index (κ2) is 5.27. The van der Waals surface area contributed by atoms with Gasteiger partial charge in [0.05, 0.1) is 11.4 Å². The van der Waals surface area contributed by atoms with Crippen LogP contribution in [0.15, 0.2) is 23.3 Å². The van der Waals surface area contributed by atoms with Crippen LogP contribution in [-0.4, -0.2) is 16.2 Å². The molecule has 0 fully saturated rings. The van der Waals surface area contributed by atoms with Gasteiger partial charge in [-0.3, -0.25) is 4.99 Å². The van der Waals surface area contributed by atoms with E-state index in [0.717, 1.165) is 23.6 Å². The predicted octanol–water partition coefficient (Wildman–Crippen LogP) is 2.63. The summed E-state index contributed by atoms with van der Waals surface area (Å²) in [5.74, 6) is 0.772. The van der Waals surface area contributed by atoms with E-state index in [1.54, 1.807) is 6.20 Å². The lowest BCUT2D eigenvalue weighted by Crippen LogP contribution is -1.92. The van der Waals surface area contributed by atoms with E-state index in [-0.39, 0.29) is 0 Å². The molecule has 3 heteroatoms. The first kappa shape index (κ1) is 10.6. The summed E-state index contributed by atoms with van der Waals surface area (Å²) in [6.45, 7) is 5.89. The number of aliphatic imine (C=N–C) groups is 1. The molecule has 1 heterocycles. The molecule has 0 amide bonds. The highest BCUT2D eigenvalue weighted by Crippen LogP contribution is 2.11. The van der Waals surface area contributed by atoms with Crippen molar-refractivity contribution < 1.29 is 0 Å². The van der Waals surface area contributed by atoms with Crippen molar-refractivity contribution in [3.8, 4) is 0 Å². The van der Waals surface area contributed by atoms with E-state index in [1.807, 2.05) is 32.2 Å². The van der Waals surface area contributed by atoms with Crippen LogP contribution in [0.3, 0.4) is 0 Å². The van der Waals surface area contributed by atoms with Gasteiger partial charge >= 0.3 is 0 Å². The van der Waals surface area contributed by atoms with Crippen LogP contribution >= 0.6 is 0 Å². The molecule has 0 aromatic carbocycles. The van der Waals surface area contributed by atoms with Gasteiger partial charge in [0.25, 0.3) is 0 Å². The van der Waals surface area contributed by atoms with Crippen LogP contribution in [-0.2, 0) is 0 Å². The molecule has 0 spiro atoms.